The fourth-order valence-corrected chi connectivity index (χ4v) is 2.11. The maximum Gasteiger partial charge on any atom is 0.338 e. The fraction of sp³-hybridized carbons (Fsp3) is 0.909. The molecule has 0 aromatic heterocycles. The summed E-state index contributed by atoms with van der Waals surface area (Å²) in [5.41, 5.74) is -1.28. The molecule has 0 spiro atoms. The Labute approximate surface area is 85.5 Å². The van der Waals surface area contributed by atoms with E-state index >= 15 is 0 Å². The second-order valence-electron chi connectivity index (χ2n) is 4.20. The number of hydrogen-bond donors (Lipinski definition) is 1. The summed E-state index contributed by atoms with van der Waals surface area (Å²) in [6.45, 7) is 3.68. The molecule has 1 atom stereocenters. The molecule has 0 aliphatic heterocycles. The molecule has 82 valence electrons. The molecule has 0 bridgehead atoms. The Morgan fingerprint density at radius 2 is 2.00 bits per heavy atom. The zero-order valence-electron chi connectivity index (χ0n) is 9.08. The average Bonchev–Trinajstić information content (AvgIpc) is 2.19. The van der Waals surface area contributed by atoms with Crippen molar-refractivity contribution in [3.8, 4) is 0 Å². The predicted octanol–water partition coefficient (Wildman–Crippen LogP) is 1.88. The molecule has 3 nitrogen and oxygen atoms in total. The zero-order chi connectivity index (χ0) is 10.6. The number of carbonyl (C=O) groups excluding carboxylic acids is 1. The van der Waals surface area contributed by atoms with Gasteiger partial charge in [-0.2, -0.15) is 0 Å². The number of rotatable bonds is 3. The van der Waals surface area contributed by atoms with Gasteiger partial charge in [0.05, 0.1) is 6.61 Å². The Morgan fingerprint density at radius 1 is 1.43 bits per heavy atom. The fourth-order valence-electron chi connectivity index (χ4n) is 2.11. The number of ether oxygens (including phenoxy) is 1. The highest BCUT2D eigenvalue weighted by Gasteiger charge is 2.40. The lowest BCUT2D eigenvalue weighted by atomic mass is 9.78. The second kappa shape index (κ2) is 4.78. The zero-order valence-corrected chi connectivity index (χ0v) is 9.08. The molecule has 0 amide bonds. The lowest BCUT2D eigenvalue weighted by molar-refractivity contribution is -0.170. The van der Waals surface area contributed by atoms with Crippen LogP contribution in [0.3, 0.4) is 0 Å². The van der Waals surface area contributed by atoms with Gasteiger partial charge in [0.1, 0.15) is 0 Å². The van der Waals surface area contributed by atoms with Crippen molar-refractivity contribution < 1.29 is 14.6 Å². The third kappa shape index (κ3) is 2.47. The van der Waals surface area contributed by atoms with E-state index in [1.165, 1.54) is 6.42 Å². The van der Waals surface area contributed by atoms with Gasteiger partial charge >= 0.3 is 5.97 Å². The van der Waals surface area contributed by atoms with Gasteiger partial charge in [0.2, 0.25) is 0 Å². The molecule has 0 radical (unpaired) electrons. The van der Waals surface area contributed by atoms with Gasteiger partial charge in [0.15, 0.2) is 5.60 Å². The van der Waals surface area contributed by atoms with Crippen LogP contribution in [0.4, 0.5) is 0 Å². The molecule has 1 saturated carbocycles. The molecule has 14 heavy (non-hydrogen) atoms. The van der Waals surface area contributed by atoms with Crippen molar-refractivity contribution >= 4 is 5.97 Å². The second-order valence-corrected chi connectivity index (χ2v) is 4.20. The minimum atomic E-state index is -1.28. The van der Waals surface area contributed by atoms with E-state index in [-0.39, 0.29) is 5.92 Å². The highest BCUT2D eigenvalue weighted by atomic mass is 16.5. The Hall–Kier alpha value is -0.570. The monoisotopic (exact) mass is 200 g/mol. The first-order valence-corrected chi connectivity index (χ1v) is 5.48. The van der Waals surface area contributed by atoms with Gasteiger partial charge in [-0.15, -0.1) is 0 Å². The normalized spacial score (nSPS) is 22.8. The molecule has 0 heterocycles. The summed E-state index contributed by atoms with van der Waals surface area (Å²) in [7, 11) is 0. The first-order chi connectivity index (χ1) is 6.59. The van der Waals surface area contributed by atoms with E-state index in [0.717, 1.165) is 25.7 Å². The quantitative estimate of drug-likeness (QED) is 0.707. The van der Waals surface area contributed by atoms with E-state index in [1.54, 1.807) is 13.8 Å². The van der Waals surface area contributed by atoms with Crippen molar-refractivity contribution in [2.75, 3.05) is 6.61 Å². The summed E-state index contributed by atoms with van der Waals surface area (Å²) in [5.74, 6) is -0.387. The summed E-state index contributed by atoms with van der Waals surface area (Å²) in [5, 5.41) is 10.1. The Bertz CT molecular complexity index is 193. The van der Waals surface area contributed by atoms with Crippen LogP contribution in [0.5, 0.6) is 0 Å². The van der Waals surface area contributed by atoms with Crippen LogP contribution in [0.15, 0.2) is 0 Å². The van der Waals surface area contributed by atoms with Gasteiger partial charge < -0.3 is 9.84 Å². The molecular weight excluding hydrogens is 180 g/mol. The molecular formula is C11H20O3. The van der Waals surface area contributed by atoms with Gasteiger partial charge in [-0.3, -0.25) is 0 Å². The molecule has 1 N–H and O–H groups in total. The third-order valence-electron chi connectivity index (χ3n) is 3.09. The first-order valence-electron chi connectivity index (χ1n) is 5.48. The van der Waals surface area contributed by atoms with Crippen LogP contribution in [0.1, 0.15) is 46.0 Å². The van der Waals surface area contributed by atoms with Crippen LogP contribution >= 0.6 is 0 Å². The highest BCUT2D eigenvalue weighted by Crippen LogP contribution is 2.33. The lowest BCUT2D eigenvalue weighted by Gasteiger charge is -2.33. The Balaban J connectivity index is 2.57. The number of esters is 1. The number of carbonyl (C=O) groups is 1. The molecule has 1 aliphatic carbocycles. The van der Waals surface area contributed by atoms with E-state index in [2.05, 4.69) is 0 Å². The summed E-state index contributed by atoms with van der Waals surface area (Å²) < 4.78 is 4.87. The maximum atomic E-state index is 11.5. The van der Waals surface area contributed by atoms with Gasteiger partial charge in [-0.1, -0.05) is 19.3 Å². The van der Waals surface area contributed by atoms with Crippen LogP contribution in [0.25, 0.3) is 0 Å². The Morgan fingerprint density at radius 3 is 2.50 bits per heavy atom. The Kier molecular flexibility index (Phi) is 3.93. The predicted molar refractivity (Wildman–Crippen MR) is 53.8 cm³/mol. The van der Waals surface area contributed by atoms with Crippen molar-refractivity contribution in [2.45, 2.75) is 51.6 Å². The van der Waals surface area contributed by atoms with Crippen molar-refractivity contribution in [3.05, 3.63) is 0 Å². The summed E-state index contributed by atoms with van der Waals surface area (Å²) >= 11 is 0. The topological polar surface area (TPSA) is 46.5 Å². The summed E-state index contributed by atoms with van der Waals surface area (Å²) in [6.07, 6.45) is 5.31. The molecule has 0 aromatic carbocycles. The lowest BCUT2D eigenvalue weighted by Crippen LogP contribution is -2.45. The van der Waals surface area contributed by atoms with Gasteiger partial charge in [0.25, 0.3) is 0 Å². The third-order valence-corrected chi connectivity index (χ3v) is 3.09. The van der Waals surface area contributed by atoms with Gasteiger partial charge in [0, 0.05) is 0 Å². The molecule has 1 rings (SSSR count). The van der Waals surface area contributed by atoms with E-state index in [1.807, 2.05) is 0 Å². The van der Waals surface area contributed by atoms with E-state index < -0.39 is 11.6 Å². The van der Waals surface area contributed by atoms with E-state index in [9.17, 15) is 9.90 Å². The first kappa shape index (κ1) is 11.5. The van der Waals surface area contributed by atoms with Crippen molar-refractivity contribution in [1.82, 2.24) is 0 Å². The molecule has 0 saturated heterocycles. The number of hydrogen-bond acceptors (Lipinski definition) is 3. The van der Waals surface area contributed by atoms with Crippen molar-refractivity contribution in [3.63, 3.8) is 0 Å². The largest absolute Gasteiger partial charge is 0.464 e. The standard InChI is InChI=1S/C11H20O3/c1-3-14-10(12)11(2,13)9-7-5-4-6-8-9/h9,13H,3-8H2,1-2H3/t11-/m1/s1. The van der Waals surface area contributed by atoms with Crippen molar-refractivity contribution in [2.24, 2.45) is 5.92 Å². The number of aliphatic hydroxyl groups is 1. The van der Waals surface area contributed by atoms with Crippen LogP contribution in [-0.4, -0.2) is 23.3 Å². The molecule has 0 unspecified atom stereocenters. The maximum absolute atomic E-state index is 11.5. The summed E-state index contributed by atoms with van der Waals surface area (Å²) in [6, 6.07) is 0. The highest BCUT2D eigenvalue weighted by molar-refractivity contribution is 5.79. The van der Waals surface area contributed by atoms with E-state index in [4.69, 9.17) is 4.74 Å². The smallest absolute Gasteiger partial charge is 0.338 e. The molecule has 3 heteroatoms. The average molecular weight is 200 g/mol. The minimum absolute atomic E-state index is 0.0790. The summed E-state index contributed by atoms with van der Waals surface area (Å²) in [4.78, 5) is 11.5. The van der Waals surface area contributed by atoms with Crippen LogP contribution in [0, 0.1) is 5.92 Å². The van der Waals surface area contributed by atoms with Crippen LogP contribution < -0.4 is 0 Å². The van der Waals surface area contributed by atoms with E-state index in [0.29, 0.717) is 6.61 Å². The van der Waals surface area contributed by atoms with Crippen LogP contribution in [-0.2, 0) is 9.53 Å². The minimum Gasteiger partial charge on any atom is -0.464 e. The van der Waals surface area contributed by atoms with Crippen molar-refractivity contribution in [1.29, 1.82) is 0 Å². The molecule has 1 aliphatic rings. The SMILES string of the molecule is CCOC(=O)[C@](C)(O)C1CCCCC1. The van der Waals surface area contributed by atoms with Gasteiger partial charge in [-0.25, -0.2) is 4.79 Å². The van der Waals surface area contributed by atoms with Crippen LogP contribution in [0.2, 0.25) is 0 Å². The molecule has 1 fully saturated rings. The van der Waals surface area contributed by atoms with Gasteiger partial charge in [-0.05, 0) is 32.6 Å². The molecule has 0 aromatic rings.